The number of carbonyl (C=O) groups excluding carboxylic acids is 1. The van der Waals surface area contributed by atoms with E-state index in [0.717, 1.165) is 16.8 Å². The lowest BCUT2D eigenvalue weighted by atomic mass is 10.1. The zero-order valence-corrected chi connectivity index (χ0v) is 19.3. The minimum atomic E-state index is -3.79. The van der Waals surface area contributed by atoms with Gasteiger partial charge in [0.25, 0.3) is 0 Å². The number of para-hydroxylation sites is 1. The van der Waals surface area contributed by atoms with Crippen LogP contribution in [0.5, 0.6) is 0 Å². The number of amides is 1. The summed E-state index contributed by atoms with van der Waals surface area (Å²) in [5.41, 5.74) is 3.15. The number of nitrogens with one attached hydrogen (secondary N) is 1. The lowest BCUT2D eigenvalue weighted by Crippen LogP contribution is -2.49. The molecule has 8 heteroatoms. The van der Waals surface area contributed by atoms with Crippen LogP contribution in [0.15, 0.2) is 53.4 Å². The average Bonchev–Trinajstić information content (AvgIpc) is 2.90. The first-order valence-electron chi connectivity index (χ1n) is 9.97. The number of likely N-dealkylation sites (N-methyl/N-ethyl adjacent to an activating group) is 1. The molecule has 2 aromatic rings. The fourth-order valence-corrected chi connectivity index (χ4v) is 5.24. The number of carbonyl (C=O) groups is 1. The highest BCUT2D eigenvalue weighted by Gasteiger charge is 2.30. The van der Waals surface area contributed by atoms with Gasteiger partial charge in [-0.05, 0) is 49.1 Å². The van der Waals surface area contributed by atoms with Crippen molar-refractivity contribution >= 4 is 33.4 Å². The summed E-state index contributed by atoms with van der Waals surface area (Å²) in [5.74, 6) is 0.516. The van der Waals surface area contributed by atoms with Gasteiger partial charge in [0.1, 0.15) is 6.04 Å². The van der Waals surface area contributed by atoms with Crippen molar-refractivity contribution in [3.8, 4) is 0 Å². The summed E-state index contributed by atoms with van der Waals surface area (Å²) in [7, 11) is -1.78. The largest absolute Gasteiger partial charge is 0.373 e. The van der Waals surface area contributed by atoms with Gasteiger partial charge in [0.05, 0.1) is 4.90 Å². The topological polar surface area (TPSA) is 69.7 Å². The Hall–Kier alpha value is -2.03. The molecule has 0 aliphatic carbocycles. The van der Waals surface area contributed by atoms with Gasteiger partial charge < -0.3 is 9.80 Å². The van der Waals surface area contributed by atoms with Crippen molar-refractivity contribution in [2.45, 2.75) is 30.8 Å². The molecule has 0 saturated heterocycles. The molecule has 2 aromatic carbocycles. The summed E-state index contributed by atoms with van der Waals surface area (Å²) in [6.07, 6.45) is 2.40. The van der Waals surface area contributed by atoms with Gasteiger partial charge in [0, 0.05) is 32.4 Å². The van der Waals surface area contributed by atoms with Crippen LogP contribution in [0.3, 0.4) is 0 Å². The van der Waals surface area contributed by atoms with Crippen LogP contribution in [-0.2, 0) is 21.4 Å². The Morgan fingerprint density at radius 1 is 1.13 bits per heavy atom. The third-order valence-corrected chi connectivity index (χ3v) is 7.45. The lowest BCUT2D eigenvalue weighted by Gasteiger charge is -2.27. The molecule has 1 N–H and O–H groups in total. The number of fused-ring (bicyclic) bond motifs is 1. The second kappa shape index (κ2) is 9.85. The van der Waals surface area contributed by atoms with Crippen molar-refractivity contribution in [1.29, 1.82) is 0 Å². The van der Waals surface area contributed by atoms with Gasteiger partial charge in [0.15, 0.2) is 0 Å². The number of nitrogens with zero attached hydrogens (tertiary/aromatic N) is 2. The van der Waals surface area contributed by atoms with Gasteiger partial charge in [-0.25, -0.2) is 8.42 Å². The number of benzene rings is 2. The molecule has 1 amide bonds. The van der Waals surface area contributed by atoms with Crippen LogP contribution in [0.4, 0.5) is 5.69 Å². The second-order valence-electron chi connectivity index (χ2n) is 7.58. The normalized spacial score (nSPS) is 15.4. The third kappa shape index (κ3) is 5.36. The minimum absolute atomic E-state index is 0.176. The van der Waals surface area contributed by atoms with Crippen molar-refractivity contribution in [3.63, 3.8) is 0 Å². The van der Waals surface area contributed by atoms with E-state index in [0.29, 0.717) is 31.8 Å². The maximum atomic E-state index is 13.4. The summed E-state index contributed by atoms with van der Waals surface area (Å²) in [6.45, 7) is 3.62. The molecule has 0 spiro atoms. The molecule has 1 aliphatic heterocycles. The summed E-state index contributed by atoms with van der Waals surface area (Å²) in [5, 5.41) is 0. The highest BCUT2D eigenvalue weighted by atomic mass is 32.2. The molecule has 0 aromatic heterocycles. The Kier molecular flexibility index (Phi) is 7.44. The van der Waals surface area contributed by atoms with Gasteiger partial charge in [0.2, 0.25) is 15.9 Å². The van der Waals surface area contributed by atoms with E-state index in [4.69, 9.17) is 0 Å². The molecule has 1 atom stereocenters. The number of anilines is 1. The summed E-state index contributed by atoms with van der Waals surface area (Å²) < 4.78 is 28.5. The number of rotatable bonds is 7. The third-order valence-electron chi connectivity index (χ3n) is 5.32. The van der Waals surface area contributed by atoms with Crippen LogP contribution >= 0.6 is 11.8 Å². The monoisotopic (exact) mass is 447 g/mol. The van der Waals surface area contributed by atoms with E-state index in [1.54, 1.807) is 40.9 Å². The molecule has 3 rings (SSSR count). The predicted octanol–water partition coefficient (Wildman–Crippen LogP) is 2.87. The molecular formula is C22H29N3O3S2. The van der Waals surface area contributed by atoms with E-state index in [1.807, 2.05) is 38.4 Å². The van der Waals surface area contributed by atoms with Crippen LogP contribution < -0.4 is 9.62 Å². The molecule has 1 aliphatic rings. The van der Waals surface area contributed by atoms with Gasteiger partial charge in [-0.2, -0.15) is 16.5 Å². The Labute approximate surface area is 183 Å². The molecule has 30 heavy (non-hydrogen) atoms. The minimum Gasteiger partial charge on any atom is -0.373 e. The zero-order chi connectivity index (χ0) is 21.7. The first-order valence-corrected chi connectivity index (χ1v) is 12.9. The van der Waals surface area contributed by atoms with Gasteiger partial charge in [-0.3, -0.25) is 4.79 Å². The highest BCUT2D eigenvalue weighted by molar-refractivity contribution is 7.98. The van der Waals surface area contributed by atoms with Gasteiger partial charge >= 0.3 is 0 Å². The van der Waals surface area contributed by atoms with E-state index in [-0.39, 0.29) is 10.8 Å². The summed E-state index contributed by atoms with van der Waals surface area (Å²) in [6, 6.07) is 13.9. The molecule has 0 saturated carbocycles. The quantitative estimate of drug-likeness (QED) is 0.707. The van der Waals surface area contributed by atoms with E-state index in [9.17, 15) is 13.2 Å². The van der Waals surface area contributed by atoms with Gasteiger partial charge in [-0.1, -0.05) is 35.9 Å². The number of hydrogen-bond acceptors (Lipinski definition) is 5. The number of sulfonamides is 1. The van der Waals surface area contributed by atoms with Crippen LogP contribution in [0.1, 0.15) is 17.5 Å². The summed E-state index contributed by atoms with van der Waals surface area (Å²) in [4.78, 5) is 17.5. The lowest BCUT2D eigenvalue weighted by molar-refractivity contribution is -0.133. The van der Waals surface area contributed by atoms with E-state index in [2.05, 4.69) is 15.7 Å². The highest BCUT2D eigenvalue weighted by Crippen LogP contribution is 2.24. The van der Waals surface area contributed by atoms with E-state index in [1.165, 1.54) is 0 Å². The smallest absolute Gasteiger partial charge is 0.241 e. The zero-order valence-electron chi connectivity index (χ0n) is 17.7. The Morgan fingerprint density at radius 2 is 1.83 bits per heavy atom. The second-order valence-corrected chi connectivity index (χ2v) is 10.3. The fraction of sp³-hybridized carbons (Fsp3) is 0.409. The Morgan fingerprint density at radius 3 is 2.53 bits per heavy atom. The number of aryl methyl sites for hydroxylation is 1. The number of hydrogen-bond donors (Lipinski definition) is 1. The van der Waals surface area contributed by atoms with Crippen LogP contribution in [0.2, 0.25) is 0 Å². The van der Waals surface area contributed by atoms with Crippen molar-refractivity contribution in [3.05, 3.63) is 59.7 Å². The Balaban J connectivity index is 1.82. The van der Waals surface area contributed by atoms with Gasteiger partial charge in [-0.15, -0.1) is 0 Å². The molecule has 0 bridgehead atoms. The predicted molar refractivity (Wildman–Crippen MR) is 123 cm³/mol. The molecule has 6 nitrogen and oxygen atoms in total. The van der Waals surface area contributed by atoms with Crippen LogP contribution in [-0.4, -0.2) is 57.4 Å². The molecular weight excluding hydrogens is 418 g/mol. The maximum absolute atomic E-state index is 13.4. The van der Waals surface area contributed by atoms with Crippen LogP contribution in [0, 0.1) is 6.92 Å². The maximum Gasteiger partial charge on any atom is 0.241 e. The molecule has 162 valence electrons. The molecule has 0 fully saturated rings. The summed E-state index contributed by atoms with van der Waals surface area (Å²) >= 11 is 1.60. The SMILES string of the molecule is CSCCC(NS(=O)(=O)c1ccc(C)cc1)C(=O)N1CCN(C)c2ccccc2C1. The van der Waals surface area contributed by atoms with Crippen molar-refractivity contribution in [2.75, 3.05) is 37.0 Å². The van der Waals surface area contributed by atoms with E-state index < -0.39 is 16.1 Å². The van der Waals surface area contributed by atoms with Crippen LogP contribution in [0.25, 0.3) is 0 Å². The van der Waals surface area contributed by atoms with Crippen molar-refractivity contribution in [2.24, 2.45) is 0 Å². The molecule has 1 heterocycles. The first-order chi connectivity index (χ1) is 14.3. The number of thioether (sulfide) groups is 1. The first kappa shape index (κ1) is 22.7. The Bertz CT molecular complexity index is 977. The fourth-order valence-electron chi connectivity index (χ4n) is 3.54. The van der Waals surface area contributed by atoms with E-state index >= 15 is 0 Å². The molecule has 1 unspecified atom stereocenters. The standard InChI is InChI=1S/C22H29N3O3S2/c1-17-8-10-19(11-9-17)30(27,28)23-20(12-15-29-3)22(26)25-14-13-24(2)21-7-5-4-6-18(21)16-25/h4-11,20,23H,12-16H2,1-3H3. The van der Waals surface area contributed by atoms with Crippen molar-refractivity contribution < 1.29 is 13.2 Å². The molecule has 0 radical (unpaired) electrons. The average molecular weight is 448 g/mol. The van der Waals surface area contributed by atoms with Crippen molar-refractivity contribution in [1.82, 2.24) is 9.62 Å².